The Morgan fingerprint density at radius 3 is 2.46 bits per heavy atom. The zero-order valence-corrected chi connectivity index (χ0v) is 8.91. The Morgan fingerprint density at radius 2 is 2.00 bits per heavy atom. The summed E-state index contributed by atoms with van der Waals surface area (Å²) in [4.78, 5) is 0. The molecule has 4 heteroatoms. The fraction of sp³-hybridized carbons (Fsp3) is 0.556. The first-order chi connectivity index (χ1) is 6.16. The highest BCUT2D eigenvalue weighted by Gasteiger charge is 2.11. The third kappa shape index (κ3) is 2.28. The van der Waals surface area contributed by atoms with Gasteiger partial charge in [-0.15, -0.1) is 0 Å². The quantitative estimate of drug-likeness (QED) is 0.734. The van der Waals surface area contributed by atoms with Gasteiger partial charge in [-0.05, 0) is 13.3 Å². The summed E-state index contributed by atoms with van der Waals surface area (Å²) in [5, 5.41) is 1.44. The van der Waals surface area contributed by atoms with E-state index >= 15 is 0 Å². The van der Waals surface area contributed by atoms with Gasteiger partial charge in [-0.1, -0.05) is 24.7 Å². The van der Waals surface area contributed by atoms with E-state index in [2.05, 4.69) is 6.92 Å². The number of nitrogens with two attached hydrogens (primary N) is 2. The van der Waals surface area contributed by atoms with Crippen molar-refractivity contribution in [2.75, 3.05) is 18.1 Å². The van der Waals surface area contributed by atoms with E-state index in [1.54, 1.807) is 0 Å². The summed E-state index contributed by atoms with van der Waals surface area (Å²) in [6.45, 7) is 4.78. The molecule has 0 spiro atoms. The van der Waals surface area contributed by atoms with E-state index in [9.17, 15) is 0 Å². The molecule has 0 amide bonds. The highest BCUT2D eigenvalue weighted by Crippen LogP contribution is 2.39. The van der Waals surface area contributed by atoms with Gasteiger partial charge in [-0.2, -0.15) is 0 Å². The summed E-state index contributed by atoms with van der Waals surface area (Å²) in [6.07, 6.45) is 2.17. The lowest BCUT2D eigenvalue weighted by atomic mass is 10.3. The van der Waals surface area contributed by atoms with Gasteiger partial charge in [0.15, 0.2) is 5.75 Å². The number of anilines is 2. The molecule has 0 aliphatic carbocycles. The summed E-state index contributed by atoms with van der Waals surface area (Å²) in [6, 6.07) is 0. The molecule has 13 heavy (non-hydrogen) atoms. The van der Waals surface area contributed by atoms with Gasteiger partial charge in [0.25, 0.3) is 0 Å². The topological polar surface area (TPSA) is 61.3 Å². The van der Waals surface area contributed by atoms with Crippen LogP contribution in [-0.4, -0.2) is 6.61 Å². The average Bonchev–Trinajstić information content (AvgIpc) is 2.32. The van der Waals surface area contributed by atoms with Crippen LogP contribution in [0.1, 0.15) is 25.3 Å². The van der Waals surface area contributed by atoms with Crippen LogP contribution in [0.15, 0.2) is 0 Å². The van der Waals surface area contributed by atoms with E-state index in [0.717, 1.165) is 35.8 Å². The monoisotopic (exact) mass is 200 g/mol. The molecule has 1 aromatic heterocycles. The van der Waals surface area contributed by atoms with Gasteiger partial charge < -0.3 is 16.2 Å². The van der Waals surface area contributed by atoms with Crippen LogP contribution >= 0.6 is 11.3 Å². The van der Waals surface area contributed by atoms with Crippen LogP contribution in [0.2, 0.25) is 0 Å². The third-order valence-electron chi connectivity index (χ3n) is 1.90. The fourth-order valence-corrected chi connectivity index (χ4v) is 1.82. The maximum atomic E-state index is 5.74. The molecule has 0 unspecified atom stereocenters. The first-order valence-corrected chi connectivity index (χ1v) is 5.25. The van der Waals surface area contributed by atoms with Crippen molar-refractivity contribution in [1.82, 2.24) is 0 Å². The first-order valence-electron chi connectivity index (χ1n) is 4.44. The Hall–Kier alpha value is -0.900. The molecule has 0 saturated heterocycles. The van der Waals surface area contributed by atoms with E-state index in [4.69, 9.17) is 16.2 Å². The molecular weight excluding hydrogens is 184 g/mol. The summed E-state index contributed by atoms with van der Waals surface area (Å²) in [5.41, 5.74) is 12.4. The van der Waals surface area contributed by atoms with Gasteiger partial charge >= 0.3 is 0 Å². The fourth-order valence-electron chi connectivity index (χ4n) is 1.04. The molecule has 1 heterocycles. The minimum Gasteiger partial charge on any atom is -0.490 e. The molecule has 74 valence electrons. The van der Waals surface area contributed by atoms with Gasteiger partial charge in [-0.25, -0.2) is 0 Å². The second-order valence-corrected chi connectivity index (χ2v) is 4.07. The number of thiophene rings is 1. The number of ether oxygens (including phenoxy) is 1. The van der Waals surface area contributed by atoms with Crippen molar-refractivity contribution in [3.63, 3.8) is 0 Å². The lowest BCUT2D eigenvalue weighted by molar-refractivity contribution is 0.310. The lowest BCUT2D eigenvalue weighted by Gasteiger charge is -2.05. The van der Waals surface area contributed by atoms with Gasteiger partial charge in [0.1, 0.15) is 5.00 Å². The summed E-state index contributed by atoms with van der Waals surface area (Å²) in [5.74, 6) is 0.774. The van der Waals surface area contributed by atoms with Crippen molar-refractivity contribution in [3.8, 4) is 5.75 Å². The Bertz CT molecular complexity index is 283. The van der Waals surface area contributed by atoms with Crippen LogP contribution in [0.4, 0.5) is 10.0 Å². The molecule has 1 aromatic rings. The van der Waals surface area contributed by atoms with Gasteiger partial charge in [0, 0.05) is 5.56 Å². The Labute approximate surface area is 82.7 Å². The van der Waals surface area contributed by atoms with E-state index in [1.807, 2.05) is 6.92 Å². The van der Waals surface area contributed by atoms with Crippen molar-refractivity contribution < 1.29 is 4.74 Å². The lowest BCUT2D eigenvalue weighted by Crippen LogP contribution is -1.99. The van der Waals surface area contributed by atoms with Crippen LogP contribution in [0.3, 0.4) is 0 Å². The average molecular weight is 200 g/mol. The van der Waals surface area contributed by atoms with Crippen LogP contribution < -0.4 is 16.2 Å². The van der Waals surface area contributed by atoms with Crippen molar-refractivity contribution in [2.24, 2.45) is 0 Å². The Balaban J connectivity index is 2.64. The van der Waals surface area contributed by atoms with E-state index < -0.39 is 0 Å². The Morgan fingerprint density at radius 1 is 1.31 bits per heavy atom. The van der Waals surface area contributed by atoms with Crippen LogP contribution in [0.5, 0.6) is 5.75 Å². The van der Waals surface area contributed by atoms with E-state index in [-0.39, 0.29) is 0 Å². The second kappa shape index (κ2) is 4.37. The molecule has 0 fully saturated rings. The maximum Gasteiger partial charge on any atom is 0.158 e. The zero-order valence-electron chi connectivity index (χ0n) is 8.09. The van der Waals surface area contributed by atoms with Crippen molar-refractivity contribution in [3.05, 3.63) is 5.56 Å². The maximum absolute atomic E-state index is 5.74. The molecule has 0 aliphatic heterocycles. The van der Waals surface area contributed by atoms with Crippen LogP contribution in [0.25, 0.3) is 0 Å². The predicted octanol–water partition coefficient (Wildman–Crippen LogP) is 2.40. The third-order valence-corrected chi connectivity index (χ3v) is 2.83. The molecule has 0 saturated carbocycles. The molecule has 0 aromatic carbocycles. The standard InChI is InChI=1S/C9H16N2OS/c1-3-4-5-12-7-6(2)8(10)13-9(7)11/h3-5,10-11H2,1-2H3. The molecule has 0 bridgehead atoms. The smallest absolute Gasteiger partial charge is 0.158 e. The van der Waals surface area contributed by atoms with Gasteiger partial charge in [-0.3, -0.25) is 0 Å². The number of hydrogen-bond acceptors (Lipinski definition) is 4. The van der Waals surface area contributed by atoms with Gasteiger partial charge in [0.05, 0.1) is 11.6 Å². The minimum absolute atomic E-state index is 0.686. The van der Waals surface area contributed by atoms with Crippen LogP contribution in [-0.2, 0) is 0 Å². The molecule has 0 aliphatic rings. The summed E-state index contributed by atoms with van der Waals surface area (Å²) in [7, 11) is 0. The predicted molar refractivity (Wildman–Crippen MR) is 58.3 cm³/mol. The van der Waals surface area contributed by atoms with Crippen molar-refractivity contribution >= 4 is 21.3 Å². The largest absolute Gasteiger partial charge is 0.490 e. The van der Waals surface area contributed by atoms with Crippen LogP contribution in [0, 0.1) is 6.92 Å². The Kier molecular flexibility index (Phi) is 3.42. The molecule has 3 nitrogen and oxygen atoms in total. The van der Waals surface area contributed by atoms with Gasteiger partial charge in [0.2, 0.25) is 0 Å². The molecule has 4 N–H and O–H groups in total. The molecule has 1 rings (SSSR count). The SMILES string of the molecule is CCCCOc1c(N)sc(N)c1C. The molecule has 0 atom stereocenters. The molecular formula is C9H16N2OS. The van der Waals surface area contributed by atoms with E-state index in [1.165, 1.54) is 11.3 Å². The summed E-state index contributed by atoms with van der Waals surface area (Å²) < 4.78 is 5.53. The number of unbranched alkanes of at least 4 members (excludes halogenated alkanes) is 1. The highest BCUT2D eigenvalue weighted by molar-refractivity contribution is 7.20. The van der Waals surface area contributed by atoms with Crippen molar-refractivity contribution in [2.45, 2.75) is 26.7 Å². The normalized spacial score (nSPS) is 10.3. The highest BCUT2D eigenvalue weighted by atomic mass is 32.1. The van der Waals surface area contributed by atoms with Crippen molar-refractivity contribution in [1.29, 1.82) is 0 Å². The summed E-state index contributed by atoms with van der Waals surface area (Å²) >= 11 is 1.38. The number of rotatable bonds is 4. The van der Waals surface area contributed by atoms with E-state index in [0.29, 0.717) is 5.00 Å². The first kappa shape index (κ1) is 10.2. The number of nitrogen functional groups attached to an aromatic ring is 2. The molecule has 0 radical (unpaired) electrons. The second-order valence-electron chi connectivity index (χ2n) is 2.99. The number of hydrogen-bond donors (Lipinski definition) is 2. The minimum atomic E-state index is 0.686. The zero-order chi connectivity index (χ0) is 9.84.